The third-order valence-corrected chi connectivity index (χ3v) is 16.3. The van der Waals surface area contributed by atoms with E-state index in [-0.39, 0.29) is 13.0 Å². The molecular formula is C64H128NO9P. The van der Waals surface area contributed by atoms with Crippen LogP contribution in [-0.2, 0) is 32.7 Å². The van der Waals surface area contributed by atoms with Crippen LogP contribution < -0.4 is 5.73 Å². The molecule has 1 unspecified atom stereocenters. The first-order valence-electron chi connectivity index (χ1n) is 33.1. The fraction of sp³-hybridized carbons (Fsp3) is 0.969. The van der Waals surface area contributed by atoms with Gasteiger partial charge in [-0.2, -0.15) is 0 Å². The molecule has 0 aliphatic carbocycles. The van der Waals surface area contributed by atoms with Gasteiger partial charge < -0.3 is 25.2 Å². The molecule has 0 aliphatic rings. The molecule has 0 rings (SSSR count). The van der Waals surface area contributed by atoms with E-state index in [1.165, 1.54) is 302 Å². The van der Waals surface area contributed by atoms with Crippen LogP contribution in [-0.4, -0.2) is 60.5 Å². The summed E-state index contributed by atoms with van der Waals surface area (Å²) in [7, 11) is -4.62. The minimum atomic E-state index is -4.62. The van der Waals surface area contributed by atoms with Crippen LogP contribution in [0.4, 0.5) is 0 Å². The highest BCUT2D eigenvalue weighted by Crippen LogP contribution is 2.43. The first-order valence-corrected chi connectivity index (χ1v) is 34.6. The monoisotopic (exact) mass is 1090 g/mol. The Hall–Kier alpha value is -1.03. The molecule has 0 bridgehead atoms. The number of phosphoric ester groups is 1. The van der Waals surface area contributed by atoms with Crippen LogP contribution in [0.1, 0.15) is 361 Å². The van der Waals surface area contributed by atoms with Crippen LogP contribution in [0.15, 0.2) is 0 Å². The molecule has 0 aliphatic heterocycles. The molecule has 448 valence electrons. The summed E-state index contributed by atoms with van der Waals surface area (Å²) in [5.74, 6) is -1.75. The van der Waals surface area contributed by atoms with Crippen molar-refractivity contribution in [2.24, 2.45) is 5.73 Å². The van der Waals surface area contributed by atoms with Gasteiger partial charge in [0.15, 0.2) is 0 Å². The maximum Gasteiger partial charge on any atom is 0.472 e. The van der Waals surface area contributed by atoms with Crippen molar-refractivity contribution in [3.8, 4) is 0 Å². The van der Waals surface area contributed by atoms with E-state index in [1.54, 1.807) is 0 Å². The number of esters is 1. The molecule has 0 radical (unpaired) electrons. The number of carboxylic acids is 1. The maximum absolute atomic E-state index is 12.8. The van der Waals surface area contributed by atoms with E-state index in [9.17, 15) is 19.0 Å². The second-order valence-corrected chi connectivity index (χ2v) is 24.4. The number of carboxylic acid groups (broad SMARTS) is 1. The average Bonchev–Trinajstić information content (AvgIpc) is 3.39. The van der Waals surface area contributed by atoms with E-state index in [1.807, 2.05) is 0 Å². The highest BCUT2D eigenvalue weighted by Gasteiger charge is 2.27. The highest BCUT2D eigenvalue weighted by molar-refractivity contribution is 7.47. The summed E-state index contributed by atoms with van der Waals surface area (Å²) in [5.41, 5.74) is 5.40. The summed E-state index contributed by atoms with van der Waals surface area (Å²) >= 11 is 0. The molecule has 0 heterocycles. The molecule has 0 saturated carbocycles. The smallest absolute Gasteiger partial charge is 0.472 e. The van der Waals surface area contributed by atoms with E-state index < -0.39 is 45.1 Å². The topological polar surface area (TPSA) is 155 Å². The molecule has 0 aromatic carbocycles. The lowest BCUT2D eigenvalue weighted by Crippen LogP contribution is -2.34. The Morgan fingerprint density at radius 1 is 0.373 bits per heavy atom. The fourth-order valence-electron chi connectivity index (χ4n) is 10.3. The molecule has 0 amide bonds. The Morgan fingerprint density at radius 2 is 0.613 bits per heavy atom. The quantitative estimate of drug-likeness (QED) is 0.0305. The van der Waals surface area contributed by atoms with Gasteiger partial charge in [-0.1, -0.05) is 341 Å². The van der Waals surface area contributed by atoms with Crippen molar-refractivity contribution in [3.63, 3.8) is 0 Å². The Labute approximate surface area is 465 Å². The molecule has 0 saturated heterocycles. The van der Waals surface area contributed by atoms with E-state index in [0.29, 0.717) is 6.61 Å². The Balaban J connectivity index is 3.87. The summed E-state index contributed by atoms with van der Waals surface area (Å²) in [6, 6.07) is -1.47. The zero-order valence-corrected chi connectivity index (χ0v) is 50.8. The van der Waals surface area contributed by atoms with Gasteiger partial charge in [0.05, 0.1) is 19.8 Å². The number of carbonyl (C=O) groups is 2. The molecule has 0 aromatic rings. The largest absolute Gasteiger partial charge is 0.480 e. The zero-order valence-electron chi connectivity index (χ0n) is 49.9. The van der Waals surface area contributed by atoms with Crippen LogP contribution >= 0.6 is 7.82 Å². The highest BCUT2D eigenvalue weighted by atomic mass is 31.2. The molecule has 11 heteroatoms. The van der Waals surface area contributed by atoms with Crippen molar-refractivity contribution in [2.45, 2.75) is 373 Å². The minimum Gasteiger partial charge on any atom is -0.480 e. The molecule has 3 atom stereocenters. The zero-order chi connectivity index (χ0) is 54.7. The lowest BCUT2D eigenvalue weighted by molar-refractivity contribution is -0.154. The third kappa shape index (κ3) is 60.5. The number of phosphoric acid groups is 1. The van der Waals surface area contributed by atoms with Gasteiger partial charge in [0.1, 0.15) is 12.1 Å². The number of nitrogens with two attached hydrogens (primary N) is 1. The van der Waals surface area contributed by atoms with Gasteiger partial charge in [0.25, 0.3) is 0 Å². The summed E-state index contributed by atoms with van der Waals surface area (Å²) in [4.78, 5) is 33.9. The Kier molecular flexibility index (Phi) is 59.8. The first-order chi connectivity index (χ1) is 36.7. The molecular weight excluding hydrogens is 958 g/mol. The Morgan fingerprint density at radius 3 is 0.880 bits per heavy atom. The number of hydrogen-bond acceptors (Lipinski definition) is 8. The molecule has 0 fully saturated rings. The van der Waals surface area contributed by atoms with Crippen molar-refractivity contribution < 1.29 is 42.7 Å². The standard InChI is InChI=1S/C64H128NO9P/c1-3-5-7-9-11-13-15-17-19-21-23-25-26-27-28-29-30-31-32-33-34-35-36-37-38-40-42-44-46-48-50-52-54-56-63(66)74-61(59-72-75(69,70)73-60-62(65)64(67)68)58-71-57-55-53-51-49-47-45-43-41-39-24-22-20-18-16-14-12-10-8-6-4-2/h61-62H,3-60,65H2,1-2H3,(H,67,68)(H,69,70)/t61-,62+/m1/s1. The minimum absolute atomic E-state index is 0.0270. The summed E-state index contributed by atoms with van der Waals surface area (Å²) in [6.45, 7) is 3.99. The summed E-state index contributed by atoms with van der Waals surface area (Å²) in [5, 5.41) is 8.97. The van der Waals surface area contributed by atoms with Crippen LogP contribution in [0.25, 0.3) is 0 Å². The van der Waals surface area contributed by atoms with Gasteiger partial charge in [-0.15, -0.1) is 0 Å². The number of unbranched alkanes of at least 4 members (excludes halogenated alkanes) is 51. The number of ether oxygens (including phenoxy) is 2. The lowest BCUT2D eigenvalue weighted by Gasteiger charge is -2.20. The van der Waals surface area contributed by atoms with E-state index in [0.717, 1.165) is 38.5 Å². The van der Waals surface area contributed by atoms with Crippen molar-refractivity contribution in [1.29, 1.82) is 0 Å². The molecule has 75 heavy (non-hydrogen) atoms. The predicted molar refractivity (Wildman–Crippen MR) is 319 cm³/mol. The van der Waals surface area contributed by atoms with Crippen LogP contribution in [0, 0.1) is 0 Å². The summed E-state index contributed by atoms with van der Waals surface area (Å²) < 4.78 is 33.7. The van der Waals surface area contributed by atoms with Gasteiger partial charge in [-0.25, -0.2) is 4.57 Å². The van der Waals surface area contributed by atoms with Crippen molar-refractivity contribution in [1.82, 2.24) is 0 Å². The molecule has 0 aromatic heterocycles. The maximum atomic E-state index is 12.8. The lowest BCUT2D eigenvalue weighted by atomic mass is 10.0. The van der Waals surface area contributed by atoms with Crippen LogP contribution in [0.2, 0.25) is 0 Å². The van der Waals surface area contributed by atoms with Crippen molar-refractivity contribution >= 4 is 19.8 Å². The number of hydrogen-bond donors (Lipinski definition) is 3. The van der Waals surface area contributed by atoms with Crippen molar-refractivity contribution in [3.05, 3.63) is 0 Å². The van der Waals surface area contributed by atoms with Gasteiger partial charge in [0, 0.05) is 13.0 Å². The third-order valence-electron chi connectivity index (χ3n) is 15.4. The van der Waals surface area contributed by atoms with Crippen LogP contribution in [0.3, 0.4) is 0 Å². The first kappa shape index (κ1) is 74.0. The Bertz CT molecular complexity index is 1210. The predicted octanol–water partition coefficient (Wildman–Crippen LogP) is 20.6. The fourth-order valence-corrected chi connectivity index (χ4v) is 11.1. The number of carbonyl (C=O) groups excluding carboxylic acids is 1. The summed E-state index contributed by atoms with van der Waals surface area (Å²) in [6.07, 6.45) is 70.7. The van der Waals surface area contributed by atoms with Gasteiger partial charge in [-0.05, 0) is 12.8 Å². The number of rotatable bonds is 65. The second-order valence-electron chi connectivity index (χ2n) is 23.0. The van der Waals surface area contributed by atoms with Crippen LogP contribution in [0.5, 0.6) is 0 Å². The van der Waals surface area contributed by atoms with Gasteiger partial charge in [-0.3, -0.25) is 18.6 Å². The second kappa shape index (κ2) is 60.6. The molecule has 10 nitrogen and oxygen atoms in total. The van der Waals surface area contributed by atoms with E-state index in [2.05, 4.69) is 13.8 Å². The van der Waals surface area contributed by atoms with Gasteiger partial charge in [0.2, 0.25) is 0 Å². The normalized spacial score (nSPS) is 13.3. The van der Waals surface area contributed by atoms with E-state index >= 15 is 0 Å². The molecule has 0 spiro atoms. The average molecular weight is 1090 g/mol. The molecule has 4 N–H and O–H groups in total. The van der Waals surface area contributed by atoms with Crippen molar-refractivity contribution in [2.75, 3.05) is 26.4 Å². The van der Waals surface area contributed by atoms with E-state index in [4.69, 9.17) is 29.4 Å². The SMILES string of the molecule is CCCCCCCCCCCCCCCCCCCCCCCCCCCCCCCCCCCC(=O)O[C@H](COCCCCCCCCCCCCCCCCCCCCCC)COP(=O)(O)OC[C@H](N)C(=O)O. The van der Waals surface area contributed by atoms with Gasteiger partial charge >= 0.3 is 19.8 Å². The number of aliphatic carboxylic acids is 1.